The number of hydrogen-bond acceptors (Lipinski definition) is 6. The molecule has 8 heteroatoms. The second-order valence-electron chi connectivity index (χ2n) is 4.82. The highest BCUT2D eigenvalue weighted by Crippen LogP contribution is 2.18. The summed E-state index contributed by atoms with van der Waals surface area (Å²) in [4.78, 5) is 24.2. The quantitative estimate of drug-likeness (QED) is 0.742. The number of aromatic nitrogens is 2. The van der Waals surface area contributed by atoms with E-state index in [9.17, 15) is 9.59 Å². The molecule has 7 nitrogen and oxygen atoms in total. The molecule has 0 saturated carbocycles. The number of carbonyl (C=O) groups is 2. The first-order valence-electron chi connectivity index (χ1n) is 7.24. The Morgan fingerprint density at radius 1 is 1.12 bits per heavy atom. The Bertz CT molecular complexity index is 858. The highest BCUT2D eigenvalue weighted by atomic mass is 32.1. The Hall–Kier alpha value is -3.00. The molecule has 2 aromatic heterocycles. The van der Waals surface area contributed by atoms with Crippen molar-refractivity contribution in [2.45, 2.75) is 13.3 Å². The SMILES string of the molecule is CCc1nnc(NC(=O)c2cccc(NC(=O)c3ccco3)c2)s1. The van der Waals surface area contributed by atoms with Gasteiger partial charge in [0.2, 0.25) is 5.13 Å². The Labute approximate surface area is 141 Å². The molecular formula is C16H14N4O3S. The van der Waals surface area contributed by atoms with E-state index in [0.29, 0.717) is 16.4 Å². The van der Waals surface area contributed by atoms with Crippen LogP contribution in [0.3, 0.4) is 0 Å². The monoisotopic (exact) mass is 342 g/mol. The summed E-state index contributed by atoms with van der Waals surface area (Å²) in [6, 6.07) is 9.80. The molecule has 3 aromatic rings. The van der Waals surface area contributed by atoms with Crippen molar-refractivity contribution < 1.29 is 14.0 Å². The lowest BCUT2D eigenvalue weighted by atomic mass is 10.2. The maximum atomic E-state index is 12.3. The Morgan fingerprint density at radius 3 is 2.71 bits per heavy atom. The van der Waals surface area contributed by atoms with E-state index in [1.54, 1.807) is 36.4 Å². The highest BCUT2D eigenvalue weighted by Gasteiger charge is 2.12. The fraction of sp³-hybridized carbons (Fsp3) is 0.125. The Balaban J connectivity index is 1.70. The van der Waals surface area contributed by atoms with Crippen LogP contribution in [0.25, 0.3) is 0 Å². The predicted molar refractivity (Wildman–Crippen MR) is 90.3 cm³/mol. The minimum atomic E-state index is -0.380. The van der Waals surface area contributed by atoms with E-state index in [2.05, 4.69) is 20.8 Å². The fourth-order valence-corrected chi connectivity index (χ4v) is 2.63. The molecule has 24 heavy (non-hydrogen) atoms. The van der Waals surface area contributed by atoms with Gasteiger partial charge >= 0.3 is 0 Å². The summed E-state index contributed by atoms with van der Waals surface area (Å²) in [6.07, 6.45) is 2.19. The van der Waals surface area contributed by atoms with Gasteiger partial charge in [-0.05, 0) is 36.8 Å². The number of rotatable bonds is 5. The minimum absolute atomic E-state index is 0.200. The zero-order valence-electron chi connectivity index (χ0n) is 12.8. The summed E-state index contributed by atoms with van der Waals surface area (Å²) in [6.45, 7) is 1.97. The smallest absolute Gasteiger partial charge is 0.291 e. The van der Waals surface area contributed by atoms with Crippen LogP contribution in [-0.4, -0.2) is 22.0 Å². The van der Waals surface area contributed by atoms with Gasteiger partial charge < -0.3 is 9.73 Å². The van der Waals surface area contributed by atoms with Gasteiger partial charge in [0.1, 0.15) is 5.01 Å². The van der Waals surface area contributed by atoms with Crippen LogP contribution in [0.15, 0.2) is 47.1 Å². The standard InChI is InChI=1S/C16H14N4O3S/c1-2-13-19-20-16(24-13)18-14(21)10-5-3-6-11(9-10)17-15(22)12-7-4-8-23-12/h3-9H,2H2,1H3,(H,17,22)(H,18,20,21). The van der Waals surface area contributed by atoms with Gasteiger partial charge in [-0.15, -0.1) is 10.2 Å². The van der Waals surface area contributed by atoms with Crippen LogP contribution in [0.5, 0.6) is 0 Å². The van der Waals surface area contributed by atoms with Gasteiger partial charge in [0.05, 0.1) is 6.26 Å². The summed E-state index contributed by atoms with van der Waals surface area (Å²) >= 11 is 1.33. The van der Waals surface area contributed by atoms with E-state index in [1.807, 2.05) is 6.92 Å². The summed E-state index contributed by atoms with van der Waals surface area (Å²) in [5.74, 6) is -0.497. The molecule has 0 aliphatic rings. The molecule has 3 rings (SSSR count). The topological polar surface area (TPSA) is 97.1 Å². The third-order valence-electron chi connectivity index (χ3n) is 3.12. The van der Waals surface area contributed by atoms with E-state index in [0.717, 1.165) is 11.4 Å². The number of anilines is 2. The van der Waals surface area contributed by atoms with Crippen molar-refractivity contribution in [2.24, 2.45) is 0 Å². The van der Waals surface area contributed by atoms with Crippen LogP contribution in [0.2, 0.25) is 0 Å². The number of hydrogen-bond donors (Lipinski definition) is 2. The number of amides is 2. The molecular weight excluding hydrogens is 328 g/mol. The van der Waals surface area contributed by atoms with E-state index >= 15 is 0 Å². The molecule has 2 heterocycles. The third-order valence-corrected chi connectivity index (χ3v) is 4.10. The van der Waals surface area contributed by atoms with Crippen LogP contribution in [0.1, 0.15) is 32.8 Å². The molecule has 2 amide bonds. The van der Waals surface area contributed by atoms with Crippen molar-refractivity contribution in [1.82, 2.24) is 10.2 Å². The van der Waals surface area contributed by atoms with Gasteiger partial charge in [0, 0.05) is 11.3 Å². The molecule has 122 valence electrons. The molecule has 0 unspecified atom stereocenters. The zero-order valence-corrected chi connectivity index (χ0v) is 13.6. The van der Waals surface area contributed by atoms with Gasteiger partial charge in [0.15, 0.2) is 5.76 Å². The number of nitrogens with one attached hydrogen (secondary N) is 2. The molecule has 0 fully saturated rings. The van der Waals surface area contributed by atoms with Crippen LogP contribution in [0.4, 0.5) is 10.8 Å². The minimum Gasteiger partial charge on any atom is -0.459 e. The highest BCUT2D eigenvalue weighted by molar-refractivity contribution is 7.15. The number of benzene rings is 1. The first-order valence-corrected chi connectivity index (χ1v) is 8.06. The second-order valence-corrected chi connectivity index (χ2v) is 5.88. The maximum Gasteiger partial charge on any atom is 0.291 e. The summed E-state index contributed by atoms with van der Waals surface area (Å²) in [7, 11) is 0. The van der Waals surface area contributed by atoms with Crippen LogP contribution in [-0.2, 0) is 6.42 Å². The maximum absolute atomic E-state index is 12.3. The van der Waals surface area contributed by atoms with Gasteiger partial charge in [-0.2, -0.15) is 0 Å². The molecule has 0 radical (unpaired) electrons. The lowest BCUT2D eigenvalue weighted by Crippen LogP contribution is -2.14. The summed E-state index contributed by atoms with van der Waals surface area (Å²) in [5, 5.41) is 14.5. The summed E-state index contributed by atoms with van der Waals surface area (Å²) < 4.78 is 5.03. The first-order chi connectivity index (χ1) is 11.7. The predicted octanol–water partition coefficient (Wildman–Crippen LogP) is 3.20. The van der Waals surface area contributed by atoms with Gasteiger partial charge in [-0.1, -0.05) is 24.3 Å². The van der Waals surface area contributed by atoms with Crippen LogP contribution >= 0.6 is 11.3 Å². The van der Waals surface area contributed by atoms with E-state index in [4.69, 9.17) is 4.42 Å². The number of aryl methyl sites for hydroxylation is 1. The number of furan rings is 1. The van der Waals surface area contributed by atoms with Gasteiger partial charge in [0.25, 0.3) is 11.8 Å². The van der Waals surface area contributed by atoms with Crippen molar-refractivity contribution in [3.8, 4) is 0 Å². The lowest BCUT2D eigenvalue weighted by Gasteiger charge is -2.06. The van der Waals surface area contributed by atoms with Crippen molar-refractivity contribution in [3.63, 3.8) is 0 Å². The third kappa shape index (κ3) is 3.66. The average molecular weight is 342 g/mol. The van der Waals surface area contributed by atoms with Crippen LogP contribution < -0.4 is 10.6 Å². The lowest BCUT2D eigenvalue weighted by molar-refractivity contribution is 0.0993. The average Bonchev–Trinajstić information content (AvgIpc) is 3.26. The molecule has 0 spiro atoms. The molecule has 0 aliphatic carbocycles. The van der Waals surface area contributed by atoms with Crippen molar-refractivity contribution in [3.05, 3.63) is 59.0 Å². The van der Waals surface area contributed by atoms with Gasteiger partial charge in [-0.25, -0.2) is 0 Å². The van der Waals surface area contributed by atoms with Crippen molar-refractivity contribution >= 4 is 34.0 Å². The number of carbonyl (C=O) groups excluding carboxylic acids is 2. The van der Waals surface area contributed by atoms with Crippen molar-refractivity contribution in [2.75, 3.05) is 10.6 Å². The second kappa shape index (κ2) is 7.05. The molecule has 0 aliphatic heterocycles. The molecule has 1 aromatic carbocycles. The normalized spacial score (nSPS) is 10.4. The Kier molecular flexibility index (Phi) is 4.66. The first kappa shape index (κ1) is 15.9. The van der Waals surface area contributed by atoms with E-state index in [1.165, 1.54) is 17.6 Å². The fourth-order valence-electron chi connectivity index (χ4n) is 1.95. The molecule has 2 N–H and O–H groups in total. The zero-order chi connectivity index (χ0) is 16.9. The van der Waals surface area contributed by atoms with Crippen molar-refractivity contribution in [1.29, 1.82) is 0 Å². The summed E-state index contributed by atoms with van der Waals surface area (Å²) in [5.41, 5.74) is 0.899. The van der Waals surface area contributed by atoms with E-state index < -0.39 is 0 Å². The largest absolute Gasteiger partial charge is 0.459 e. The van der Waals surface area contributed by atoms with E-state index in [-0.39, 0.29) is 17.6 Å². The molecule has 0 saturated heterocycles. The number of nitrogens with zero attached hydrogens (tertiary/aromatic N) is 2. The van der Waals surface area contributed by atoms with Crippen LogP contribution in [0, 0.1) is 0 Å². The Morgan fingerprint density at radius 2 is 2.00 bits per heavy atom. The van der Waals surface area contributed by atoms with Gasteiger partial charge in [-0.3, -0.25) is 14.9 Å². The molecule has 0 atom stereocenters. The molecule has 0 bridgehead atoms.